The lowest BCUT2D eigenvalue weighted by Crippen LogP contribution is -2.42. The molecule has 3 amide bonds. The number of halogens is 1. The summed E-state index contributed by atoms with van der Waals surface area (Å²) < 4.78 is 25.6. The Kier molecular flexibility index (Phi) is 5.33. The summed E-state index contributed by atoms with van der Waals surface area (Å²) in [5, 5.41) is 10.5. The third-order valence-electron chi connectivity index (χ3n) is 3.82. The van der Waals surface area contributed by atoms with Crippen molar-refractivity contribution in [1.82, 2.24) is 15.1 Å². The van der Waals surface area contributed by atoms with Gasteiger partial charge in [0, 0.05) is 10.3 Å². The SMILES string of the molecule is CC(C)(C)OC(=O)N1CSc2cc(F)c(-c3nnc(C(C)(C)C)o3)cc2NC1=O. The number of rotatable bonds is 1. The Balaban J connectivity index is 1.90. The number of carbonyl (C=O) groups excluding carboxylic acids is 2. The van der Waals surface area contributed by atoms with Crippen molar-refractivity contribution in [3.05, 3.63) is 23.8 Å². The van der Waals surface area contributed by atoms with E-state index in [4.69, 9.17) is 9.15 Å². The fourth-order valence-electron chi connectivity index (χ4n) is 2.40. The molecule has 2 aromatic rings. The second-order valence-electron chi connectivity index (χ2n) is 8.60. The average Bonchev–Trinajstić information content (AvgIpc) is 2.99. The van der Waals surface area contributed by atoms with E-state index in [2.05, 4.69) is 15.5 Å². The van der Waals surface area contributed by atoms with Gasteiger partial charge in [0.2, 0.25) is 5.89 Å². The van der Waals surface area contributed by atoms with E-state index in [9.17, 15) is 14.0 Å². The van der Waals surface area contributed by atoms with Gasteiger partial charge in [0.1, 0.15) is 11.4 Å². The summed E-state index contributed by atoms with van der Waals surface area (Å²) in [6, 6.07) is 2.03. The minimum Gasteiger partial charge on any atom is -0.443 e. The number of thioether (sulfide) groups is 1. The average molecular weight is 422 g/mol. The van der Waals surface area contributed by atoms with Gasteiger partial charge in [-0.25, -0.2) is 18.9 Å². The molecule has 0 saturated heterocycles. The van der Waals surface area contributed by atoms with E-state index in [1.807, 2.05) is 20.8 Å². The van der Waals surface area contributed by atoms with Crippen LogP contribution in [0, 0.1) is 5.82 Å². The highest BCUT2D eigenvalue weighted by molar-refractivity contribution is 7.99. The number of imide groups is 1. The second kappa shape index (κ2) is 7.33. The van der Waals surface area contributed by atoms with Crippen LogP contribution in [0.5, 0.6) is 0 Å². The molecule has 1 aliphatic heterocycles. The summed E-state index contributed by atoms with van der Waals surface area (Å²) in [6.45, 7) is 10.8. The van der Waals surface area contributed by atoms with E-state index in [1.54, 1.807) is 20.8 Å². The van der Waals surface area contributed by atoms with Crippen LogP contribution in [0.4, 0.5) is 19.7 Å². The van der Waals surface area contributed by atoms with Crippen molar-refractivity contribution in [1.29, 1.82) is 0 Å². The van der Waals surface area contributed by atoms with E-state index in [1.165, 1.54) is 12.1 Å². The molecule has 1 aliphatic rings. The van der Waals surface area contributed by atoms with Crippen LogP contribution >= 0.6 is 11.8 Å². The summed E-state index contributed by atoms with van der Waals surface area (Å²) in [5.74, 6) is -0.194. The number of hydrogen-bond donors (Lipinski definition) is 1. The summed E-state index contributed by atoms with van der Waals surface area (Å²) in [4.78, 5) is 26.2. The molecule has 3 rings (SSSR count). The maximum absolute atomic E-state index is 14.7. The van der Waals surface area contributed by atoms with Crippen LogP contribution in [0.25, 0.3) is 11.5 Å². The number of nitrogens with one attached hydrogen (secondary N) is 1. The van der Waals surface area contributed by atoms with Gasteiger partial charge in [-0.05, 0) is 32.9 Å². The van der Waals surface area contributed by atoms with Crippen molar-refractivity contribution in [3.8, 4) is 11.5 Å². The number of hydrogen-bond acceptors (Lipinski definition) is 7. The molecule has 0 atom stereocenters. The highest BCUT2D eigenvalue weighted by Gasteiger charge is 2.31. The molecule has 0 bridgehead atoms. The lowest BCUT2D eigenvalue weighted by atomic mass is 9.97. The van der Waals surface area contributed by atoms with Crippen molar-refractivity contribution in [2.24, 2.45) is 0 Å². The zero-order valence-electron chi connectivity index (χ0n) is 17.1. The van der Waals surface area contributed by atoms with Crippen LogP contribution in [-0.2, 0) is 10.2 Å². The van der Waals surface area contributed by atoms with Gasteiger partial charge >= 0.3 is 12.1 Å². The Morgan fingerprint density at radius 2 is 1.93 bits per heavy atom. The van der Waals surface area contributed by atoms with Crippen LogP contribution < -0.4 is 5.32 Å². The van der Waals surface area contributed by atoms with Crippen molar-refractivity contribution < 1.29 is 23.1 Å². The lowest BCUT2D eigenvalue weighted by Gasteiger charge is -2.24. The van der Waals surface area contributed by atoms with Gasteiger partial charge in [0.05, 0.1) is 17.1 Å². The molecular formula is C19H23FN4O4S. The number of nitrogens with zero attached hydrogens (tertiary/aromatic N) is 3. The van der Waals surface area contributed by atoms with E-state index in [0.717, 1.165) is 16.7 Å². The minimum absolute atomic E-state index is 0.0126. The Morgan fingerprint density at radius 1 is 1.24 bits per heavy atom. The highest BCUT2D eigenvalue weighted by atomic mass is 32.2. The molecule has 0 radical (unpaired) electrons. The maximum atomic E-state index is 14.7. The molecule has 156 valence electrons. The van der Waals surface area contributed by atoms with Gasteiger partial charge < -0.3 is 14.5 Å². The topological polar surface area (TPSA) is 97.6 Å². The summed E-state index contributed by atoms with van der Waals surface area (Å²) in [7, 11) is 0. The normalized spacial score (nSPS) is 14.9. The third-order valence-corrected chi connectivity index (χ3v) is 4.85. The van der Waals surface area contributed by atoms with Crippen molar-refractivity contribution in [2.75, 3.05) is 11.2 Å². The molecule has 2 heterocycles. The van der Waals surface area contributed by atoms with Gasteiger partial charge in [-0.3, -0.25) is 0 Å². The molecule has 8 nitrogen and oxygen atoms in total. The third kappa shape index (κ3) is 4.69. The number of anilines is 1. The number of benzene rings is 1. The fourth-order valence-corrected chi connectivity index (χ4v) is 3.34. The van der Waals surface area contributed by atoms with Crippen LogP contribution in [0.15, 0.2) is 21.4 Å². The largest absolute Gasteiger partial charge is 0.443 e. The van der Waals surface area contributed by atoms with E-state index in [0.29, 0.717) is 16.5 Å². The molecule has 1 aromatic carbocycles. The summed E-state index contributed by atoms with van der Waals surface area (Å²) in [6.07, 6.45) is -0.775. The molecule has 0 fully saturated rings. The molecular weight excluding hydrogens is 399 g/mol. The van der Waals surface area contributed by atoms with E-state index >= 15 is 0 Å². The molecule has 0 unspecified atom stereocenters. The van der Waals surface area contributed by atoms with E-state index in [-0.39, 0.29) is 22.7 Å². The van der Waals surface area contributed by atoms with Crippen LogP contribution in [0.3, 0.4) is 0 Å². The maximum Gasteiger partial charge on any atom is 0.419 e. The standard InChI is InChI=1S/C19H23FN4O4S/c1-18(2,3)15-23-22-14(27-15)10-7-12-13(8-11(10)20)29-9-24(16(25)21-12)17(26)28-19(4,5)6/h7-8H,9H2,1-6H3,(H,21,25). The summed E-state index contributed by atoms with van der Waals surface area (Å²) >= 11 is 1.14. The fraction of sp³-hybridized carbons (Fsp3) is 0.474. The zero-order chi connectivity index (χ0) is 21.6. The number of aromatic nitrogens is 2. The smallest absolute Gasteiger partial charge is 0.419 e. The minimum atomic E-state index is -0.775. The molecule has 1 N–H and O–H groups in total. The number of urea groups is 1. The van der Waals surface area contributed by atoms with Gasteiger partial charge in [0.25, 0.3) is 5.89 Å². The van der Waals surface area contributed by atoms with Crippen LogP contribution in [-0.4, -0.2) is 38.7 Å². The Bertz CT molecular complexity index is 962. The Hall–Kier alpha value is -2.62. The van der Waals surface area contributed by atoms with Gasteiger partial charge in [0.15, 0.2) is 0 Å². The molecule has 0 aliphatic carbocycles. The zero-order valence-corrected chi connectivity index (χ0v) is 17.9. The molecule has 0 saturated carbocycles. The number of amides is 3. The first-order chi connectivity index (χ1) is 13.3. The quantitative estimate of drug-likeness (QED) is 0.690. The first-order valence-corrected chi connectivity index (χ1v) is 9.96. The van der Waals surface area contributed by atoms with E-state index < -0.39 is 23.5 Å². The Morgan fingerprint density at radius 3 is 2.52 bits per heavy atom. The first-order valence-electron chi connectivity index (χ1n) is 8.97. The van der Waals surface area contributed by atoms with Crippen molar-refractivity contribution in [2.45, 2.75) is 57.5 Å². The predicted octanol–water partition coefficient (Wildman–Crippen LogP) is 5.01. The van der Waals surface area contributed by atoms with Crippen LogP contribution in [0.1, 0.15) is 47.4 Å². The molecule has 10 heteroatoms. The van der Waals surface area contributed by atoms with Crippen molar-refractivity contribution in [3.63, 3.8) is 0 Å². The number of ether oxygens (including phenoxy) is 1. The highest BCUT2D eigenvalue weighted by Crippen LogP contribution is 2.37. The number of fused-ring (bicyclic) bond motifs is 1. The van der Waals surface area contributed by atoms with Crippen molar-refractivity contribution >= 4 is 29.6 Å². The lowest BCUT2D eigenvalue weighted by molar-refractivity contribution is 0.0361. The number of carbonyl (C=O) groups is 2. The van der Waals surface area contributed by atoms with Gasteiger partial charge in [-0.2, -0.15) is 0 Å². The van der Waals surface area contributed by atoms with Crippen LogP contribution in [0.2, 0.25) is 0 Å². The Labute approximate surface area is 172 Å². The molecule has 29 heavy (non-hydrogen) atoms. The monoisotopic (exact) mass is 422 g/mol. The summed E-state index contributed by atoms with van der Waals surface area (Å²) in [5.41, 5.74) is -0.717. The second-order valence-corrected chi connectivity index (χ2v) is 9.59. The molecule has 1 aromatic heterocycles. The van der Waals surface area contributed by atoms with Gasteiger partial charge in [-0.15, -0.1) is 22.0 Å². The molecule has 0 spiro atoms. The van der Waals surface area contributed by atoms with Gasteiger partial charge in [-0.1, -0.05) is 20.8 Å². The first kappa shape index (κ1) is 21.1. The predicted molar refractivity (Wildman–Crippen MR) is 106 cm³/mol.